The lowest BCUT2D eigenvalue weighted by atomic mass is 9.85. The summed E-state index contributed by atoms with van der Waals surface area (Å²) in [4.78, 5) is 0. The molecule has 0 aliphatic carbocycles. The van der Waals surface area contributed by atoms with Crippen LogP contribution < -0.4 is 5.73 Å². The van der Waals surface area contributed by atoms with Crippen LogP contribution >= 0.6 is 0 Å². The summed E-state index contributed by atoms with van der Waals surface area (Å²) in [5.74, 6) is 0.596. The Morgan fingerprint density at radius 1 is 1.40 bits per heavy atom. The first-order valence-corrected chi connectivity index (χ1v) is 4.29. The van der Waals surface area contributed by atoms with E-state index < -0.39 is 0 Å². The van der Waals surface area contributed by atoms with Crippen LogP contribution in [0.1, 0.15) is 47.0 Å². The van der Waals surface area contributed by atoms with E-state index in [9.17, 15) is 0 Å². The molecular formula is C9H21N. The van der Waals surface area contributed by atoms with Crippen molar-refractivity contribution >= 4 is 0 Å². The topological polar surface area (TPSA) is 26.0 Å². The molecule has 0 saturated carbocycles. The number of hydrogen-bond acceptors (Lipinski definition) is 1. The van der Waals surface area contributed by atoms with Crippen LogP contribution in [0.4, 0.5) is 0 Å². The lowest BCUT2D eigenvalue weighted by Gasteiger charge is -2.28. The summed E-state index contributed by atoms with van der Waals surface area (Å²) >= 11 is 0. The van der Waals surface area contributed by atoms with Gasteiger partial charge in [-0.05, 0) is 19.3 Å². The van der Waals surface area contributed by atoms with Crippen molar-refractivity contribution in [2.45, 2.75) is 52.5 Å². The highest BCUT2D eigenvalue weighted by Crippen LogP contribution is 2.19. The summed E-state index contributed by atoms with van der Waals surface area (Å²) in [6.45, 7) is 8.73. The Hall–Kier alpha value is -0.0400. The van der Waals surface area contributed by atoms with Gasteiger partial charge in [0.1, 0.15) is 0 Å². The molecule has 0 aromatic rings. The standard InChI is InChI=1S/C9H21N/c1-5-6-7-9(4,10)8(2)3/h8H,5-7,10H2,1-4H3/t9-/m1/s1. The zero-order chi connectivity index (χ0) is 8.20. The van der Waals surface area contributed by atoms with E-state index in [4.69, 9.17) is 5.73 Å². The van der Waals surface area contributed by atoms with Gasteiger partial charge >= 0.3 is 0 Å². The SMILES string of the molecule is CCCC[C@@](C)(N)C(C)C. The minimum atomic E-state index is 0.0516. The molecule has 0 aromatic heterocycles. The van der Waals surface area contributed by atoms with E-state index in [0.717, 1.165) is 6.42 Å². The van der Waals surface area contributed by atoms with Crippen LogP contribution in [0, 0.1) is 5.92 Å². The maximum Gasteiger partial charge on any atom is 0.0149 e. The minimum Gasteiger partial charge on any atom is -0.325 e. The van der Waals surface area contributed by atoms with Crippen molar-refractivity contribution in [3.63, 3.8) is 0 Å². The smallest absolute Gasteiger partial charge is 0.0149 e. The molecule has 0 unspecified atom stereocenters. The third-order valence-corrected chi connectivity index (χ3v) is 2.39. The predicted octanol–water partition coefficient (Wildman–Crippen LogP) is 2.55. The molecule has 10 heavy (non-hydrogen) atoms. The number of unbranched alkanes of at least 4 members (excludes halogenated alkanes) is 1. The Bertz CT molecular complexity index is 84.7. The molecule has 2 N–H and O–H groups in total. The van der Waals surface area contributed by atoms with Crippen LogP contribution in [0.5, 0.6) is 0 Å². The van der Waals surface area contributed by atoms with E-state index in [1.807, 2.05) is 0 Å². The van der Waals surface area contributed by atoms with Gasteiger partial charge in [0, 0.05) is 5.54 Å². The molecule has 0 amide bonds. The van der Waals surface area contributed by atoms with E-state index in [0.29, 0.717) is 5.92 Å². The van der Waals surface area contributed by atoms with Gasteiger partial charge in [0.15, 0.2) is 0 Å². The highest BCUT2D eigenvalue weighted by molar-refractivity contribution is 4.81. The summed E-state index contributed by atoms with van der Waals surface area (Å²) in [7, 11) is 0. The molecular weight excluding hydrogens is 122 g/mol. The molecule has 1 atom stereocenters. The van der Waals surface area contributed by atoms with Crippen LogP contribution in [0.2, 0.25) is 0 Å². The quantitative estimate of drug-likeness (QED) is 0.643. The molecule has 0 aromatic carbocycles. The Morgan fingerprint density at radius 3 is 2.20 bits per heavy atom. The van der Waals surface area contributed by atoms with Crippen molar-refractivity contribution in [2.75, 3.05) is 0 Å². The van der Waals surface area contributed by atoms with Gasteiger partial charge in [-0.1, -0.05) is 33.6 Å². The van der Waals surface area contributed by atoms with Crippen LogP contribution in [-0.2, 0) is 0 Å². The van der Waals surface area contributed by atoms with E-state index in [1.165, 1.54) is 12.8 Å². The zero-order valence-electron chi connectivity index (χ0n) is 7.78. The lowest BCUT2D eigenvalue weighted by Crippen LogP contribution is -2.41. The predicted molar refractivity (Wildman–Crippen MR) is 47.0 cm³/mol. The molecule has 0 rings (SSSR count). The molecule has 0 heterocycles. The minimum absolute atomic E-state index is 0.0516. The van der Waals surface area contributed by atoms with E-state index in [-0.39, 0.29) is 5.54 Å². The van der Waals surface area contributed by atoms with Crippen molar-refractivity contribution < 1.29 is 0 Å². The molecule has 0 spiro atoms. The lowest BCUT2D eigenvalue weighted by molar-refractivity contribution is 0.309. The van der Waals surface area contributed by atoms with Gasteiger partial charge in [-0.15, -0.1) is 0 Å². The molecule has 0 saturated heterocycles. The first-order chi connectivity index (χ1) is 4.50. The van der Waals surface area contributed by atoms with Gasteiger partial charge in [-0.2, -0.15) is 0 Å². The van der Waals surface area contributed by atoms with Crippen LogP contribution in [-0.4, -0.2) is 5.54 Å². The third-order valence-electron chi connectivity index (χ3n) is 2.39. The maximum absolute atomic E-state index is 6.05. The summed E-state index contributed by atoms with van der Waals surface area (Å²) in [5.41, 5.74) is 6.10. The first kappa shape index (κ1) is 9.96. The normalized spacial score (nSPS) is 17.4. The fourth-order valence-corrected chi connectivity index (χ4v) is 0.846. The van der Waals surface area contributed by atoms with Gasteiger partial charge in [-0.25, -0.2) is 0 Å². The van der Waals surface area contributed by atoms with Crippen LogP contribution in [0.15, 0.2) is 0 Å². The Labute approximate surface area is 65.0 Å². The second kappa shape index (κ2) is 3.97. The third kappa shape index (κ3) is 3.21. The monoisotopic (exact) mass is 143 g/mol. The van der Waals surface area contributed by atoms with Crippen molar-refractivity contribution in [1.82, 2.24) is 0 Å². The van der Waals surface area contributed by atoms with Crippen LogP contribution in [0.25, 0.3) is 0 Å². The summed E-state index contributed by atoms with van der Waals surface area (Å²) in [5, 5.41) is 0. The molecule has 0 aliphatic rings. The largest absolute Gasteiger partial charge is 0.325 e. The second-order valence-corrected chi connectivity index (χ2v) is 3.76. The molecule has 0 aliphatic heterocycles. The van der Waals surface area contributed by atoms with Gasteiger partial charge < -0.3 is 5.73 Å². The van der Waals surface area contributed by atoms with Gasteiger partial charge in [0.05, 0.1) is 0 Å². The van der Waals surface area contributed by atoms with Gasteiger partial charge in [-0.3, -0.25) is 0 Å². The molecule has 1 heteroatoms. The molecule has 0 bridgehead atoms. The fourth-order valence-electron chi connectivity index (χ4n) is 0.846. The van der Waals surface area contributed by atoms with E-state index in [2.05, 4.69) is 27.7 Å². The average molecular weight is 143 g/mol. The summed E-state index contributed by atoms with van der Waals surface area (Å²) in [6, 6.07) is 0. The van der Waals surface area contributed by atoms with Gasteiger partial charge in [0.25, 0.3) is 0 Å². The summed E-state index contributed by atoms with van der Waals surface area (Å²) < 4.78 is 0. The second-order valence-electron chi connectivity index (χ2n) is 3.76. The van der Waals surface area contributed by atoms with E-state index >= 15 is 0 Å². The number of hydrogen-bond donors (Lipinski definition) is 1. The van der Waals surface area contributed by atoms with Crippen molar-refractivity contribution in [3.05, 3.63) is 0 Å². The highest BCUT2D eigenvalue weighted by atomic mass is 14.7. The number of rotatable bonds is 4. The van der Waals surface area contributed by atoms with Crippen LogP contribution in [0.3, 0.4) is 0 Å². The average Bonchev–Trinajstić information content (AvgIpc) is 1.84. The zero-order valence-corrected chi connectivity index (χ0v) is 7.78. The fraction of sp³-hybridized carbons (Fsp3) is 1.00. The van der Waals surface area contributed by atoms with Crippen molar-refractivity contribution in [1.29, 1.82) is 0 Å². The summed E-state index contributed by atoms with van der Waals surface area (Å²) in [6.07, 6.45) is 3.66. The number of nitrogens with two attached hydrogens (primary N) is 1. The van der Waals surface area contributed by atoms with Crippen molar-refractivity contribution in [3.8, 4) is 0 Å². The molecule has 0 radical (unpaired) electrons. The Morgan fingerprint density at radius 2 is 1.90 bits per heavy atom. The van der Waals surface area contributed by atoms with E-state index in [1.54, 1.807) is 0 Å². The first-order valence-electron chi connectivity index (χ1n) is 4.29. The van der Waals surface area contributed by atoms with Gasteiger partial charge in [0.2, 0.25) is 0 Å². The molecule has 0 fully saturated rings. The molecule has 1 nitrogen and oxygen atoms in total. The Balaban J connectivity index is 3.63. The molecule has 62 valence electrons. The highest BCUT2D eigenvalue weighted by Gasteiger charge is 2.21. The van der Waals surface area contributed by atoms with Crippen molar-refractivity contribution in [2.24, 2.45) is 11.7 Å². The Kier molecular flexibility index (Phi) is 3.95. The maximum atomic E-state index is 6.05.